The molecule has 0 spiro atoms. The molecule has 0 aromatic heterocycles. The Morgan fingerprint density at radius 1 is 1.42 bits per heavy atom. The lowest BCUT2D eigenvalue weighted by molar-refractivity contribution is 0.326. The van der Waals surface area contributed by atoms with Crippen LogP contribution in [0.4, 0.5) is 0 Å². The highest BCUT2D eigenvalue weighted by atomic mass is 16.5. The molecule has 2 nitrogen and oxygen atoms in total. The molecule has 0 saturated carbocycles. The lowest BCUT2D eigenvalue weighted by Crippen LogP contribution is -2.08. The van der Waals surface area contributed by atoms with Gasteiger partial charge in [-0.1, -0.05) is 18.2 Å². The van der Waals surface area contributed by atoms with Crippen LogP contribution in [0.5, 0.6) is 5.75 Å². The molecular formula is C10H13NO. The van der Waals surface area contributed by atoms with E-state index < -0.39 is 0 Å². The first kappa shape index (κ1) is 7.62. The van der Waals surface area contributed by atoms with Crippen LogP contribution >= 0.6 is 0 Å². The van der Waals surface area contributed by atoms with Crippen molar-refractivity contribution in [1.82, 2.24) is 0 Å². The van der Waals surface area contributed by atoms with Gasteiger partial charge in [0.2, 0.25) is 0 Å². The van der Waals surface area contributed by atoms with Crippen LogP contribution < -0.4 is 10.5 Å². The number of hydrogen-bond donors (Lipinski definition) is 1. The second kappa shape index (κ2) is 3.15. The Hall–Kier alpha value is -1.02. The number of ether oxygens (including phenoxy) is 1. The van der Waals surface area contributed by atoms with E-state index in [9.17, 15) is 0 Å². The minimum Gasteiger partial charge on any atom is -0.493 e. The maximum atomic E-state index is 5.51. The van der Waals surface area contributed by atoms with Crippen molar-refractivity contribution in [1.29, 1.82) is 0 Å². The highest BCUT2D eigenvalue weighted by Gasteiger charge is 2.22. The molecule has 12 heavy (non-hydrogen) atoms. The van der Waals surface area contributed by atoms with Crippen molar-refractivity contribution >= 4 is 0 Å². The monoisotopic (exact) mass is 163 g/mol. The van der Waals surface area contributed by atoms with E-state index in [-0.39, 0.29) is 0 Å². The summed E-state index contributed by atoms with van der Waals surface area (Å²) < 4.78 is 5.51. The minimum absolute atomic E-state index is 0.520. The minimum atomic E-state index is 0.520. The number of rotatable bonds is 2. The lowest BCUT2D eigenvalue weighted by atomic mass is 9.98. The van der Waals surface area contributed by atoms with Gasteiger partial charge in [0.15, 0.2) is 0 Å². The third-order valence-corrected chi connectivity index (χ3v) is 2.31. The zero-order chi connectivity index (χ0) is 8.39. The number of nitrogens with two attached hydrogens (primary N) is 1. The van der Waals surface area contributed by atoms with Gasteiger partial charge in [-0.25, -0.2) is 0 Å². The quantitative estimate of drug-likeness (QED) is 0.717. The Labute approximate surface area is 72.3 Å². The van der Waals surface area contributed by atoms with E-state index in [1.165, 1.54) is 5.56 Å². The molecule has 64 valence electrons. The van der Waals surface area contributed by atoms with Gasteiger partial charge in [0.25, 0.3) is 0 Å². The third kappa shape index (κ3) is 1.18. The van der Waals surface area contributed by atoms with Crippen LogP contribution in [0.3, 0.4) is 0 Å². The summed E-state index contributed by atoms with van der Waals surface area (Å²) in [5.74, 6) is 1.56. The predicted molar refractivity (Wildman–Crippen MR) is 48.3 cm³/mol. The predicted octanol–water partition coefficient (Wildman–Crippen LogP) is 1.51. The van der Waals surface area contributed by atoms with Crippen molar-refractivity contribution in [2.45, 2.75) is 12.3 Å². The summed E-state index contributed by atoms with van der Waals surface area (Å²) in [6, 6.07) is 8.20. The summed E-state index contributed by atoms with van der Waals surface area (Å²) in [4.78, 5) is 0. The Balaban J connectivity index is 2.24. The maximum absolute atomic E-state index is 5.51. The van der Waals surface area contributed by atoms with Crippen LogP contribution in [0.15, 0.2) is 24.3 Å². The van der Waals surface area contributed by atoms with Crippen LogP contribution in [0.25, 0.3) is 0 Å². The first-order valence-electron chi connectivity index (χ1n) is 4.33. The van der Waals surface area contributed by atoms with Crippen molar-refractivity contribution < 1.29 is 4.74 Å². The van der Waals surface area contributed by atoms with Crippen molar-refractivity contribution in [3.63, 3.8) is 0 Å². The molecule has 2 rings (SSSR count). The fourth-order valence-corrected chi connectivity index (χ4v) is 1.67. The number of hydrogen-bond acceptors (Lipinski definition) is 2. The smallest absolute Gasteiger partial charge is 0.122 e. The molecule has 1 aliphatic rings. The second-order valence-corrected chi connectivity index (χ2v) is 3.12. The molecule has 0 bridgehead atoms. The van der Waals surface area contributed by atoms with Gasteiger partial charge < -0.3 is 10.5 Å². The molecular weight excluding hydrogens is 150 g/mol. The first-order chi connectivity index (χ1) is 5.92. The van der Waals surface area contributed by atoms with E-state index in [1.54, 1.807) is 0 Å². The van der Waals surface area contributed by atoms with E-state index in [2.05, 4.69) is 12.1 Å². The molecule has 0 radical (unpaired) electrons. The molecule has 0 unspecified atom stereocenters. The Morgan fingerprint density at radius 3 is 3.08 bits per heavy atom. The molecule has 0 fully saturated rings. The largest absolute Gasteiger partial charge is 0.493 e. The van der Waals surface area contributed by atoms with Crippen LogP contribution in [0.1, 0.15) is 17.9 Å². The highest BCUT2D eigenvalue weighted by Crippen LogP contribution is 2.34. The number of benzene rings is 1. The molecule has 2 N–H and O–H groups in total. The fourth-order valence-electron chi connectivity index (χ4n) is 1.67. The Morgan fingerprint density at radius 2 is 2.25 bits per heavy atom. The van der Waals surface area contributed by atoms with Crippen molar-refractivity contribution in [2.24, 2.45) is 5.73 Å². The molecule has 1 atom stereocenters. The summed E-state index contributed by atoms with van der Waals surface area (Å²) >= 11 is 0. The van der Waals surface area contributed by atoms with Gasteiger partial charge in [-0.2, -0.15) is 0 Å². The van der Waals surface area contributed by atoms with E-state index in [0.29, 0.717) is 5.92 Å². The second-order valence-electron chi connectivity index (χ2n) is 3.12. The zero-order valence-electron chi connectivity index (χ0n) is 6.99. The average molecular weight is 163 g/mol. The summed E-state index contributed by atoms with van der Waals surface area (Å²) in [5.41, 5.74) is 6.83. The van der Waals surface area contributed by atoms with Crippen LogP contribution in [0.2, 0.25) is 0 Å². The van der Waals surface area contributed by atoms with E-state index >= 15 is 0 Å². The Kier molecular flexibility index (Phi) is 2.00. The highest BCUT2D eigenvalue weighted by molar-refractivity contribution is 5.39. The topological polar surface area (TPSA) is 35.2 Å². The fraction of sp³-hybridized carbons (Fsp3) is 0.400. The zero-order valence-corrected chi connectivity index (χ0v) is 6.99. The van der Waals surface area contributed by atoms with Gasteiger partial charge in [0, 0.05) is 11.5 Å². The summed E-state index contributed by atoms with van der Waals surface area (Å²) in [6.45, 7) is 1.54. The third-order valence-electron chi connectivity index (χ3n) is 2.31. The number of fused-ring (bicyclic) bond motifs is 1. The first-order valence-corrected chi connectivity index (χ1v) is 4.33. The molecule has 2 heteroatoms. The van der Waals surface area contributed by atoms with Crippen LogP contribution in [-0.2, 0) is 0 Å². The van der Waals surface area contributed by atoms with E-state index in [4.69, 9.17) is 10.5 Å². The van der Waals surface area contributed by atoms with Gasteiger partial charge >= 0.3 is 0 Å². The standard InChI is InChI=1S/C10H13NO/c11-6-5-8-7-12-10-4-2-1-3-9(8)10/h1-4,8H,5-7,11H2/t8-/m0/s1. The molecule has 1 heterocycles. The van der Waals surface area contributed by atoms with Crippen molar-refractivity contribution in [3.8, 4) is 5.75 Å². The van der Waals surface area contributed by atoms with Gasteiger partial charge in [0.1, 0.15) is 5.75 Å². The SMILES string of the molecule is NCC[C@H]1COc2ccccc21. The molecule has 0 saturated heterocycles. The van der Waals surface area contributed by atoms with Gasteiger partial charge in [0.05, 0.1) is 6.61 Å². The van der Waals surface area contributed by atoms with E-state index in [0.717, 1.165) is 25.3 Å². The number of para-hydroxylation sites is 1. The van der Waals surface area contributed by atoms with Gasteiger partial charge in [-0.15, -0.1) is 0 Å². The summed E-state index contributed by atoms with van der Waals surface area (Å²) in [7, 11) is 0. The lowest BCUT2D eigenvalue weighted by Gasteiger charge is -2.04. The van der Waals surface area contributed by atoms with Gasteiger partial charge in [-0.05, 0) is 19.0 Å². The van der Waals surface area contributed by atoms with Crippen molar-refractivity contribution in [3.05, 3.63) is 29.8 Å². The molecule has 1 aliphatic heterocycles. The van der Waals surface area contributed by atoms with Crippen molar-refractivity contribution in [2.75, 3.05) is 13.2 Å². The molecule has 0 aliphatic carbocycles. The van der Waals surface area contributed by atoms with Crippen LogP contribution in [-0.4, -0.2) is 13.2 Å². The van der Waals surface area contributed by atoms with Gasteiger partial charge in [-0.3, -0.25) is 0 Å². The average Bonchev–Trinajstić information content (AvgIpc) is 2.50. The summed E-state index contributed by atoms with van der Waals surface area (Å²) in [6.07, 6.45) is 1.02. The molecule has 1 aromatic carbocycles. The summed E-state index contributed by atoms with van der Waals surface area (Å²) in [5, 5.41) is 0. The van der Waals surface area contributed by atoms with E-state index in [1.807, 2.05) is 12.1 Å². The molecule has 1 aromatic rings. The molecule has 0 amide bonds. The maximum Gasteiger partial charge on any atom is 0.122 e. The normalized spacial score (nSPS) is 20.2. The van der Waals surface area contributed by atoms with Crippen LogP contribution in [0, 0.1) is 0 Å². The Bertz CT molecular complexity index is 270.